The Morgan fingerprint density at radius 2 is 1.90 bits per heavy atom. The predicted octanol–water partition coefficient (Wildman–Crippen LogP) is 3.52. The van der Waals surface area contributed by atoms with Crippen LogP contribution in [0.3, 0.4) is 0 Å². The summed E-state index contributed by atoms with van der Waals surface area (Å²) in [5, 5.41) is 14.5. The van der Waals surface area contributed by atoms with Crippen molar-refractivity contribution in [1.82, 2.24) is 5.32 Å². The van der Waals surface area contributed by atoms with Crippen LogP contribution in [-0.2, 0) is 4.79 Å². The zero-order chi connectivity index (χ0) is 15.3. The molecule has 0 aliphatic rings. The van der Waals surface area contributed by atoms with Gasteiger partial charge in [0.05, 0.1) is 0 Å². The number of carbonyl (C=O) groups is 2. The number of anilines is 1. The summed E-state index contributed by atoms with van der Waals surface area (Å²) in [6, 6.07) is 4.92. The third-order valence-electron chi connectivity index (χ3n) is 3.49. The summed E-state index contributed by atoms with van der Waals surface area (Å²) in [4.78, 5) is 23.4. The maximum absolute atomic E-state index is 12.0. The molecule has 0 bridgehead atoms. The van der Waals surface area contributed by atoms with Crippen molar-refractivity contribution in [1.29, 1.82) is 0 Å². The number of carboxylic acids is 1. The van der Waals surface area contributed by atoms with Gasteiger partial charge in [-0.3, -0.25) is 0 Å². The molecule has 1 rings (SSSR count). The Bertz CT molecular complexity index is 513. The lowest BCUT2D eigenvalue weighted by molar-refractivity contribution is -0.144. The second-order valence-corrected chi connectivity index (χ2v) is 5.44. The van der Waals surface area contributed by atoms with Crippen molar-refractivity contribution in [2.24, 2.45) is 0 Å². The first kappa shape index (κ1) is 16.5. The van der Waals surface area contributed by atoms with E-state index in [1.807, 2.05) is 13.0 Å². The molecule has 2 amide bonds. The van der Waals surface area contributed by atoms with E-state index in [0.29, 0.717) is 18.5 Å². The number of hydrogen-bond acceptors (Lipinski definition) is 2. The largest absolute Gasteiger partial charge is 0.480 e. The van der Waals surface area contributed by atoms with Crippen LogP contribution >= 0.6 is 15.9 Å². The number of hydrogen-bond donors (Lipinski definition) is 3. The van der Waals surface area contributed by atoms with Gasteiger partial charge in [0.2, 0.25) is 0 Å². The average molecular weight is 343 g/mol. The van der Waals surface area contributed by atoms with Gasteiger partial charge in [-0.1, -0.05) is 35.8 Å². The number of carboxylic acid groups (broad SMARTS) is 1. The van der Waals surface area contributed by atoms with Gasteiger partial charge in [0.1, 0.15) is 5.54 Å². The highest BCUT2D eigenvalue weighted by Gasteiger charge is 2.36. The molecular weight excluding hydrogens is 324 g/mol. The lowest BCUT2D eigenvalue weighted by Gasteiger charge is -2.28. The lowest BCUT2D eigenvalue weighted by Crippen LogP contribution is -2.55. The molecule has 0 saturated carbocycles. The van der Waals surface area contributed by atoms with E-state index in [2.05, 4.69) is 26.6 Å². The van der Waals surface area contributed by atoms with E-state index in [4.69, 9.17) is 0 Å². The Kier molecular flexibility index (Phi) is 5.56. The smallest absolute Gasteiger partial charge is 0.329 e. The van der Waals surface area contributed by atoms with Crippen LogP contribution in [0, 0.1) is 6.92 Å². The second-order valence-electron chi connectivity index (χ2n) is 4.59. The van der Waals surface area contributed by atoms with Crippen LogP contribution in [0.1, 0.15) is 32.3 Å². The minimum absolute atomic E-state index is 0.323. The second kappa shape index (κ2) is 6.74. The summed E-state index contributed by atoms with van der Waals surface area (Å²) < 4.78 is 0.880. The molecule has 0 spiro atoms. The quantitative estimate of drug-likeness (QED) is 0.765. The van der Waals surface area contributed by atoms with Gasteiger partial charge in [0.25, 0.3) is 0 Å². The van der Waals surface area contributed by atoms with E-state index in [0.717, 1.165) is 10.0 Å². The molecule has 5 nitrogen and oxygen atoms in total. The van der Waals surface area contributed by atoms with Gasteiger partial charge in [-0.2, -0.15) is 0 Å². The van der Waals surface area contributed by atoms with E-state index >= 15 is 0 Å². The molecule has 0 atom stereocenters. The van der Waals surface area contributed by atoms with Crippen LogP contribution in [0.25, 0.3) is 0 Å². The zero-order valence-electron chi connectivity index (χ0n) is 11.8. The summed E-state index contributed by atoms with van der Waals surface area (Å²) in [6.45, 7) is 5.34. The maximum atomic E-state index is 12.0. The molecular formula is C14H19BrN2O3. The molecule has 1 aromatic carbocycles. The SMILES string of the molecule is CCC(CC)(NC(=O)Nc1cccc(Br)c1C)C(=O)O. The summed E-state index contributed by atoms with van der Waals surface area (Å²) in [6.07, 6.45) is 0.646. The minimum atomic E-state index is -1.23. The highest BCUT2D eigenvalue weighted by molar-refractivity contribution is 9.10. The van der Waals surface area contributed by atoms with Crippen LogP contribution in [0.4, 0.5) is 10.5 Å². The van der Waals surface area contributed by atoms with E-state index in [-0.39, 0.29) is 0 Å². The predicted molar refractivity (Wildman–Crippen MR) is 82.0 cm³/mol. The number of urea groups is 1. The van der Waals surface area contributed by atoms with Crippen molar-refractivity contribution >= 4 is 33.6 Å². The van der Waals surface area contributed by atoms with Gasteiger partial charge in [0.15, 0.2) is 0 Å². The van der Waals surface area contributed by atoms with E-state index < -0.39 is 17.5 Å². The molecule has 6 heteroatoms. The molecule has 0 radical (unpaired) electrons. The first-order valence-corrected chi connectivity index (χ1v) is 7.23. The van der Waals surface area contributed by atoms with E-state index in [9.17, 15) is 14.7 Å². The van der Waals surface area contributed by atoms with Crippen molar-refractivity contribution in [2.45, 2.75) is 39.2 Å². The molecule has 0 fully saturated rings. The summed E-state index contributed by atoms with van der Waals surface area (Å²) in [5.41, 5.74) is 0.296. The van der Waals surface area contributed by atoms with Crippen LogP contribution in [0.15, 0.2) is 22.7 Å². The van der Waals surface area contributed by atoms with Gasteiger partial charge in [0, 0.05) is 10.2 Å². The standard InChI is InChI=1S/C14H19BrN2O3/c1-4-14(5-2,12(18)19)17-13(20)16-11-8-6-7-10(15)9(11)3/h6-8H,4-5H2,1-3H3,(H,18,19)(H2,16,17,20). The maximum Gasteiger partial charge on any atom is 0.329 e. The minimum Gasteiger partial charge on any atom is -0.480 e. The number of aliphatic carboxylic acids is 1. The Hall–Kier alpha value is -1.56. The van der Waals surface area contributed by atoms with Gasteiger partial charge >= 0.3 is 12.0 Å². The fourth-order valence-corrected chi connectivity index (χ4v) is 2.26. The highest BCUT2D eigenvalue weighted by Crippen LogP contribution is 2.23. The average Bonchev–Trinajstić information content (AvgIpc) is 2.41. The lowest BCUT2D eigenvalue weighted by atomic mass is 9.93. The fourth-order valence-electron chi connectivity index (χ4n) is 1.90. The van der Waals surface area contributed by atoms with Crippen molar-refractivity contribution in [2.75, 3.05) is 5.32 Å². The molecule has 0 aromatic heterocycles. The van der Waals surface area contributed by atoms with Gasteiger partial charge in [-0.25, -0.2) is 9.59 Å². The Morgan fingerprint density at radius 1 is 1.30 bits per heavy atom. The number of rotatable bonds is 5. The monoisotopic (exact) mass is 342 g/mol. The molecule has 0 heterocycles. The molecule has 0 unspecified atom stereocenters. The van der Waals surface area contributed by atoms with Crippen LogP contribution in [0.2, 0.25) is 0 Å². The Labute approximate surface area is 126 Å². The molecule has 1 aromatic rings. The molecule has 0 aliphatic carbocycles. The number of amides is 2. The van der Waals surface area contributed by atoms with Crippen molar-refractivity contribution in [3.05, 3.63) is 28.2 Å². The van der Waals surface area contributed by atoms with Crippen LogP contribution < -0.4 is 10.6 Å². The Balaban J connectivity index is 2.86. The number of halogens is 1. The van der Waals surface area contributed by atoms with Crippen LogP contribution in [-0.4, -0.2) is 22.6 Å². The third kappa shape index (κ3) is 3.50. The van der Waals surface area contributed by atoms with E-state index in [1.54, 1.807) is 26.0 Å². The summed E-state index contributed by atoms with van der Waals surface area (Å²) in [5.74, 6) is -1.02. The number of nitrogens with one attached hydrogen (secondary N) is 2. The van der Waals surface area contributed by atoms with Crippen molar-refractivity contribution in [3.63, 3.8) is 0 Å². The zero-order valence-corrected chi connectivity index (χ0v) is 13.4. The normalized spacial score (nSPS) is 11.0. The first-order chi connectivity index (χ1) is 9.36. The summed E-state index contributed by atoms with van der Waals surface area (Å²) in [7, 11) is 0. The van der Waals surface area contributed by atoms with Gasteiger partial charge < -0.3 is 15.7 Å². The van der Waals surface area contributed by atoms with Crippen molar-refractivity contribution in [3.8, 4) is 0 Å². The van der Waals surface area contributed by atoms with Gasteiger partial charge in [-0.05, 0) is 37.5 Å². The van der Waals surface area contributed by atoms with Gasteiger partial charge in [-0.15, -0.1) is 0 Å². The molecule has 0 aliphatic heterocycles. The molecule has 0 saturated heterocycles. The number of carbonyl (C=O) groups excluding carboxylic acids is 1. The molecule has 110 valence electrons. The Morgan fingerprint density at radius 3 is 2.40 bits per heavy atom. The van der Waals surface area contributed by atoms with Crippen molar-refractivity contribution < 1.29 is 14.7 Å². The number of benzene rings is 1. The van der Waals surface area contributed by atoms with E-state index in [1.165, 1.54) is 0 Å². The first-order valence-electron chi connectivity index (χ1n) is 6.44. The van der Waals surface area contributed by atoms with Crippen LogP contribution in [0.5, 0.6) is 0 Å². The third-order valence-corrected chi connectivity index (χ3v) is 4.34. The highest BCUT2D eigenvalue weighted by atomic mass is 79.9. The fraction of sp³-hybridized carbons (Fsp3) is 0.429. The topological polar surface area (TPSA) is 78.4 Å². The molecule has 3 N–H and O–H groups in total. The molecule has 20 heavy (non-hydrogen) atoms. The summed E-state index contributed by atoms with van der Waals surface area (Å²) >= 11 is 3.38.